The second-order valence-electron chi connectivity index (χ2n) is 9.08. The third-order valence-electron chi connectivity index (χ3n) is 6.89. The molecule has 1 aromatic heterocycles. The van der Waals surface area contributed by atoms with Gasteiger partial charge in [-0.05, 0) is 42.7 Å². The van der Waals surface area contributed by atoms with Gasteiger partial charge in [-0.1, -0.05) is 54.1 Å². The summed E-state index contributed by atoms with van der Waals surface area (Å²) in [5.41, 5.74) is 4.25. The molecule has 2 heterocycles. The lowest BCUT2D eigenvalue weighted by Crippen LogP contribution is -2.31. The van der Waals surface area contributed by atoms with E-state index in [1.807, 2.05) is 49.5 Å². The summed E-state index contributed by atoms with van der Waals surface area (Å²) < 4.78 is 10.9. The molecular formula is C30H28N2O5. The molecule has 1 fully saturated rings. The lowest BCUT2D eigenvalue weighted by Gasteiger charge is -2.26. The van der Waals surface area contributed by atoms with E-state index >= 15 is 0 Å². The van der Waals surface area contributed by atoms with E-state index in [1.54, 1.807) is 37.4 Å². The summed E-state index contributed by atoms with van der Waals surface area (Å²) in [6, 6.07) is 19.6. The number of likely N-dealkylation sites (tertiary alicyclic amines) is 1. The van der Waals surface area contributed by atoms with E-state index in [2.05, 4.69) is 4.98 Å². The molecule has 1 saturated heterocycles. The van der Waals surface area contributed by atoms with Gasteiger partial charge in [0.1, 0.15) is 5.76 Å². The molecule has 7 nitrogen and oxygen atoms in total. The van der Waals surface area contributed by atoms with Gasteiger partial charge in [-0.15, -0.1) is 0 Å². The highest BCUT2D eigenvalue weighted by Crippen LogP contribution is 2.42. The third kappa shape index (κ3) is 4.33. The van der Waals surface area contributed by atoms with Crippen molar-refractivity contribution in [1.29, 1.82) is 0 Å². The number of fused-ring (bicyclic) bond motifs is 1. The van der Waals surface area contributed by atoms with E-state index in [9.17, 15) is 14.7 Å². The van der Waals surface area contributed by atoms with Gasteiger partial charge in [0.2, 0.25) is 0 Å². The van der Waals surface area contributed by atoms with Crippen LogP contribution in [0.3, 0.4) is 0 Å². The molecule has 1 aliphatic rings. The number of para-hydroxylation sites is 1. The van der Waals surface area contributed by atoms with Crippen LogP contribution in [-0.4, -0.2) is 47.4 Å². The number of benzene rings is 3. The van der Waals surface area contributed by atoms with E-state index in [0.29, 0.717) is 29.0 Å². The number of aromatic amines is 1. The molecule has 2 N–H and O–H groups in total. The molecule has 0 bridgehead atoms. The van der Waals surface area contributed by atoms with Gasteiger partial charge in [0, 0.05) is 29.2 Å². The molecule has 37 heavy (non-hydrogen) atoms. The number of carbonyl (C=O) groups is 2. The molecule has 188 valence electrons. The number of methoxy groups -OCH3 is 2. The highest BCUT2D eigenvalue weighted by atomic mass is 16.5. The van der Waals surface area contributed by atoms with Crippen LogP contribution >= 0.6 is 0 Å². The number of hydrogen-bond acceptors (Lipinski definition) is 5. The topological polar surface area (TPSA) is 91.9 Å². The summed E-state index contributed by atoms with van der Waals surface area (Å²) in [5, 5.41) is 12.4. The second-order valence-corrected chi connectivity index (χ2v) is 9.08. The quantitative estimate of drug-likeness (QED) is 0.210. The number of H-pyrrole nitrogens is 1. The van der Waals surface area contributed by atoms with Gasteiger partial charge in [0.05, 0.1) is 25.8 Å². The number of aromatic nitrogens is 1. The van der Waals surface area contributed by atoms with Crippen LogP contribution in [0.25, 0.3) is 16.7 Å². The molecule has 4 aromatic rings. The van der Waals surface area contributed by atoms with Crippen LogP contribution in [-0.2, 0) is 16.0 Å². The number of ketones is 1. The highest BCUT2D eigenvalue weighted by Gasteiger charge is 2.46. The Morgan fingerprint density at radius 1 is 0.973 bits per heavy atom. The minimum absolute atomic E-state index is 0.0556. The zero-order valence-corrected chi connectivity index (χ0v) is 20.9. The number of aryl methyl sites for hydroxylation is 1. The smallest absolute Gasteiger partial charge is 0.295 e. The first-order valence-electron chi connectivity index (χ1n) is 12.0. The number of ether oxygens (including phenoxy) is 2. The van der Waals surface area contributed by atoms with E-state index in [1.165, 1.54) is 12.0 Å². The fraction of sp³-hybridized carbons (Fsp3) is 0.200. The van der Waals surface area contributed by atoms with Crippen LogP contribution in [0.2, 0.25) is 0 Å². The van der Waals surface area contributed by atoms with Crippen molar-refractivity contribution in [1.82, 2.24) is 9.88 Å². The highest BCUT2D eigenvalue weighted by molar-refractivity contribution is 6.46. The van der Waals surface area contributed by atoms with Crippen molar-refractivity contribution in [3.63, 3.8) is 0 Å². The summed E-state index contributed by atoms with van der Waals surface area (Å²) in [5.74, 6) is -0.559. The van der Waals surface area contributed by atoms with Crippen molar-refractivity contribution in [2.75, 3.05) is 20.8 Å². The maximum Gasteiger partial charge on any atom is 0.295 e. The number of aliphatic hydroxyl groups is 1. The Morgan fingerprint density at radius 3 is 2.43 bits per heavy atom. The predicted molar refractivity (Wildman–Crippen MR) is 142 cm³/mol. The minimum atomic E-state index is -0.786. The molecule has 7 heteroatoms. The van der Waals surface area contributed by atoms with E-state index < -0.39 is 17.7 Å². The summed E-state index contributed by atoms with van der Waals surface area (Å²) in [6.45, 7) is 2.23. The van der Waals surface area contributed by atoms with Gasteiger partial charge >= 0.3 is 0 Å². The van der Waals surface area contributed by atoms with Gasteiger partial charge in [-0.2, -0.15) is 0 Å². The van der Waals surface area contributed by atoms with Crippen LogP contribution < -0.4 is 9.47 Å². The number of nitrogens with zero attached hydrogens (tertiary/aromatic N) is 1. The Hall–Kier alpha value is -4.52. The summed E-state index contributed by atoms with van der Waals surface area (Å²) in [7, 11) is 3.07. The van der Waals surface area contributed by atoms with Crippen molar-refractivity contribution in [3.8, 4) is 11.5 Å². The third-order valence-corrected chi connectivity index (χ3v) is 6.89. The molecule has 5 rings (SSSR count). The van der Waals surface area contributed by atoms with E-state index in [4.69, 9.17) is 9.47 Å². The van der Waals surface area contributed by atoms with Crippen LogP contribution in [0.5, 0.6) is 11.5 Å². The summed E-state index contributed by atoms with van der Waals surface area (Å²) in [4.78, 5) is 31.5. The van der Waals surface area contributed by atoms with Crippen LogP contribution in [0.1, 0.15) is 28.3 Å². The van der Waals surface area contributed by atoms with Gasteiger partial charge in [-0.3, -0.25) is 9.59 Å². The van der Waals surface area contributed by atoms with Crippen molar-refractivity contribution < 1.29 is 24.2 Å². The number of rotatable bonds is 7. The zero-order valence-electron chi connectivity index (χ0n) is 20.9. The number of Topliss-reactive ketones (excluding diaryl/α,β-unsaturated/α-hetero) is 1. The fourth-order valence-electron chi connectivity index (χ4n) is 4.93. The molecule has 1 atom stereocenters. The zero-order chi connectivity index (χ0) is 26.1. The second kappa shape index (κ2) is 9.85. The number of amides is 1. The Balaban J connectivity index is 1.60. The average molecular weight is 497 g/mol. The van der Waals surface area contributed by atoms with Crippen molar-refractivity contribution in [2.45, 2.75) is 19.4 Å². The number of nitrogens with one attached hydrogen (secondary N) is 1. The standard InChI is InChI=1S/C30H28N2O5/c1-18-8-10-19(11-9-18)28(33)26-27(20-12-13-24(36-2)25(16-20)37-3)32(30(35)29(26)34)15-14-21-17-31-23-7-5-4-6-22(21)23/h4-13,16-17,27,31,33H,14-15H2,1-3H3. The molecule has 0 radical (unpaired) electrons. The van der Waals surface area contributed by atoms with Crippen LogP contribution in [0.4, 0.5) is 0 Å². The lowest BCUT2D eigenvalue weighted by molar-refractivity contribution is -0.139. The molecular weight excluding hydrogens is 468 g/mol. The molecule has 1 amide bonds. The number of carbonyl (C=O) groups excluding carboxylic acids is 2. The Labute approximate surface area is 214 Å². The fourth-order valence-corrected chi connectivity index (χ4v) is 4.93. The first-order valence-corrected chi connectivity index (χ1v) is 12.0. The van der Waals surface area contributed by atoms with Gasteiger partial charge in [0.15, 0.2) is 11.5 Å². The molecule has 1 unspecified atom stereocenters. The van der Waals surface area contributed by atoms with Crippen LogP contribution in [0, 0.1) is 6.92 Å². The van der Waals surface area contributed by atoms with Crippen molar-refractivity contribution in [3.05, 3.63) is 101 Å². The van der Waals surface area contributed by atoms with Crippen molar-refractivity contribution >= 4 is 28.4 Å². The maximum atomic E-state index is 13.4. The van der Waals surface area contributed by atoms with Crippen LogP contribution in [0.15, 0.2) is 78.5 Å². The van der Waals surface area contributed by atoms with Gasteiger partial charge in [-0.25, -0.2) is 0 Å². The maximum absolute atomic E-state index is 13.4. The molecule has 0 saturated carbocycles. The van der Waals surface area contributed by atoms with E-state index in [0.717, 1.165) is 22.0 Å². The Kier molecular flexibility index (Phi) is 6.44. The monoisotopic (exact) mass is 496 g/mol. The Bertz CT molecular complexity index is 1520. The normalized spacial score (nSPS) is 16.9. The Morgan fingerprint density at radius 2 is 1.70 bits per heavy atom. The first kappa shape index (κ1) is 24.2. The molecule has 0 aliphatic carbocycles. The lowest BCUT2D eigenvalue weighted by atomic mass is 9.94. The average Bonchev–Trinajstić information content (AvgIpc) is 3.45. The molecule has 0 spiro atoms. The summed E-state index contributed by atoms with van der Waals surface area (Å²) in [6.07, 6.45) is 2.46. The molecule has 3 aromatic carbocycles. The van der Waals surface area contributed by atoms with Gasteiger partial charge in [0.25, 0.3) is 11.7 Å². The number of aliphatic hydroxyl groups excluding tert-OH is 1. The predicted octanol–water partition coefficient (Wildman–Crippen LogP) is 5.16. The SMILES string of the molecule is COc1ccc(C2C(=C(O)c3ccc(C)cc3)C(=O)C(=O)N2CCc2c[nH]c3ccccc23)cc1OC. The molecule has 1 aliphatic heterocycles. The summed E-state index contributed by atoms with van der Waals surface area (Å²) >= 11 is 0. The van der Waals surface area contributed by atoms with E-state index in [-0.39, 0.29) is 17.9 Å². The van der Waals surface area contributed by atoms with Gasteiger partial charge < -0.3 is 24.5 Å². The largest absolute Gasteiger partial charge is 0.507 e. The van der Waals surface area contributed by atoms with Crippen molar-refractivity contribution in [2.24, 2.45) is 0 Å². The first-order chi connectivity index (χ1) is 17.9. The minimum Gasteiger partial charge on any atom is -0.507 e. The number of hydrogen-bond donors (Lipinski definition) is 2.